The van der Waals surface area contributed by atoms with Gasteiger partial charge in [0.1, 0.15) is 23.2 Å². The highest BCUT2D eigenvalue weighted by Gasteiger charge is 2.76. The molecule has 4 aliphatic heterocycles. The molecule has 2 aromatic rings. The molecule has 42 heavy (non-hydrogen) atoms. The van der Waals surface area contributed by atoms with Crippen LogP contribution in [0.2, 0.25) is 0 Å². The van der Waals surface area contributed by atoms with Gasteiger partial charge in [0.15, 0.2) is 0 Å². The van der Waals surface area contributed by atoms with Crippen molar-refractivity contribution in [2.45, 2.75) is 63.3 Å². The lowest BCUT2D eigenvalue weighted by molar-refractivity contribution is -0.161. The van der Waals surface area contributed by atoms with Crippen LogP contribution in [-0.2, 0) is 30.3 Å². The van der Waals surface area contributed by atoms with E-state index in [2.05, 4.69) is 0 Å². The lowest BCUT2D eigenvalue weighted by Crippen LogP contribution is -2.59. The van der Waals surface area contributed by atoms with Gasteiger partial charge < -0.3 is 24.4 Å². The second-order valence-electron chi connectivity index (χ2n) is 11.8. The molecule has 6 rings (SSSR count). The zero-order chi connectivity index (χ0) is 29.6. The van der Waals surface area contributed by atoms with Gasteiger partial charge in [0.2, 0.25) is 5.91 Å². The van der Waals surface area contributed by atoms with Gasteiger partial charge in [-0.2, -0.15) is 0 Å². The molecule has 2 aromatic carbocycles. The third-order valence-corrected chi connectivity index (χ3v) is 9.47. The number of cyclic esters (lactones) is 1. The summed E-state index contributed by atoms with van der Waals surface area (Å²) >= 11 is 0. The van der Waals surface area contributed by atoms with Crippen molar-refractivity contribution in [2.24, 2.45) is 11.8 Å². The average Bonchev–Trinajstić information content (AvgIpc) is 3.33. The highest BCUT2D eigenvalue weighted by Crippen LogP contribution is 2.59. The number of carbonyl (C=O) groups is 3. The lowest BCUT2D eigenvalue weighted by atomic mass is 9.73. The maximum atomic E-state index is 14.9. The van der Waals surface area contributed by atoms with Crippen molar-refractivity contribution in [3.05, 3.63) is 89.5 Å². The van der Waals surface area contributed by atoms with Crippen LogP contribution in [0.25, 0.3) is 0 Å². The highest BCUT2D eigenvalue weighted by atomic mass is 16.6. The van der Waals surface area contributed by atoms with Crippen LogP contribution in [0.1, 0.15) is 36.5 Å². The molecule has 4 aliphatic rings. The molecular weight excluding hydrogens is 532 g/mol. The number of anilines is 1. The van der Waals surface area contributed by atoms with Crippen molar-refractivity contribution in [1.82, 2.24) is 4.90 Å². The first-order chi connectivity index (χ1) is 20.3. The maximum Gasteiger partial charge on any atom is 0.313 e. The Balaban J connectivity index is 1.54. The number of likely N-dealkylation sites (tertiary alicyclic amines) is 1. The molecule has 2 amide bonds. The van der Waals surface area contributed by atoms with Crippen LogP contribution in [0.15, 0.2) is 72.8 Å². The summed E-state index contributed by atoms with van der Waals surface area (Å²) in [4.78, 5) is 46.6. The molecule has 2 saturated heterocycles. The van der Waals surface area contributed by atoms with Gasteiger partial charge in [-0.3, -0.25) is 14.4 Å². The summed E-state index contributed by atoms with van der Waals surface area (Å²) in [7, 11) is 0. The molecule has 6 atom stereocenters. The number of esters is 1. The minimum atomic E-state index is -1.42. The number of nitrogens with zero attached hydrogens (tertiary/aromatic N) is 2. The number of ether oxygens (including phenoxy) is 2. The van der Waals surface area contributed by atoms with Crippen LogP contribution in [0.3, 0.4) is 0 Å². The van der Waals surface area contributed by atoms with E-state index >= 15 is 0 Å². The van der Waals surface area contributed by atoms with E-state index in [1.165, 1.54) is 4.90 Å². The summed E-state index contributed by atoms with van der Waals surface area (Å²) in [5.74, 6) is -3.07. The van der Waals surface area contributed by atoms with E-state index in [0.29, 0.717) is 19.3 Å². The molecule has 220 valence electrons. The van der Waals surface area contributed by atoms with E-state index in [1.807, 2.05) is 93.6 Å². The van der Waals surface area contributed by atoms with Crippen LogP contribution in [0.5, 0.6) is 0 Å². The number of hydrogen-bond donors (Lipinski definition) is 1. The number of aliphatic hydroxyl groups excluding tert-OH is 1. The Labute approximate surface area is 246 Å². The van der Waals surface area contributed by atoms with Crippen LogP contribution in [0.4, 0.5) is 5.69 Å². The number of amides is 2. The van der Waals surface area contributed by atoms with Gasteiger partial charge in [-0.1, -0.05) is 79.8 Å². The van der Waals surface area contributed by atoms with Crippen molar-refractivity contribution in [1.29, 1.82) is 0 Å². The van der Waals surface area contributed by atoms with E-state index in [-0.39, 0.29) is 31.6 Å². The number of fused-ring (bicyclic) bond motifs is 2. The number of para-hydroxylation sites is 1. The fourth-order valence-corrected chi connectivity index (χ4v) is 7.63. The van der Waals surface area contributed by atoms with E-state index in [9.17, 15) is 19.5 Å². The Hall–Kier alpha value is -3.75. The summed E-state index contributed by atoms with van der Waals surface area (Å²) < 4.78 is 12.6. The summed E-state index contributed by atoms with van der Waals surface area (Å²) in [5, 5.41) is 10.7. The van der Waals surface area contributed by atoms with Gasteiger partial charge in [-0.05, 0) is 49.8 Å². The largest absolute Gasteiger partial charge is 0.465 e. The topological polar surface area (TPSA) is 96.4 Å². The van der Waals surface area contributed by atoms with E-state index in [4.69, 9.17) is 9.47 Å². The minimum absolute atomic E-state index is 0.217. The van der Waals surface area contributed by atoms with Gasteiger partial charge >= 0.3 is 5.97 Å². The lowest BCUT2D eigenvalue weighted by Gasteiger charge is -2.41. The smallest absolute Gasteiger partial charge is 0.313 e. The summed E-state index contributed by atoms with van der Waals surface area (Å²) in [6.07, 6.45) is 8.88. The van der Waals surface area contributed by atoms with Gasteiger partial charge in [0.05, 0.1) is 25.2 Å². The highest BCUT2D eigenvalue weighted by molar-refractivity contribution is 6.06. The second-order valence-corrected chi connectivity index (χ2v) is 11.8. The Morgan fingerprint density at radius 2 is 1.69 bits per heavy atom. The average molecular weight is 571 g/mol. The van der Waals surface area contributed by atoms with Crippen LogP contribution in [-0.4, -0.2) is 70.8 Å². The van der Waals surface area contributed by atoms with E-state index in [1.54, 1.807) is 4.90 Å². The van der Waals surface area contributed by atoms with Crippen molar-refractivity contribution in [3.63, 3.8) is 0 Å². The first-order valence-electron chi connectivity index (χ1n) is 14.8. The zero-order valence-corrected chi connectivity index (χ0v) is 24.4. The van der Waals surface area contributed by atoms with Gasteiger partial charge in [0, 0.05) is 12.2 Å². The Morgan fingerprint density at radius 1 is 0.952 bits per heavy atom. The number of benzene rings is 2. The van der Waals surface area contributed by atoms with Crippen molar-refractivity contribution >= 4 is 23.5 Å². The zero-order valence-electron chi connectivity index (χ0n) is 24.4. The molecule has 1 spiro atoms. The number of aryl methyl sites for hydroxylation is 2. The third kappa shape index (κ3) is 4.23. The molecule has 0 bridgehead atoms. The molecule has 1 N–H and O–H groups in total. The molecule has 1 unspecified atom stereocenters. The molecule has 2 fully saturated rings. The summed E-state index contributed by atoms with van der Waals surface area (Å²) in [6, 6.07) is 13.7. The maximum absolute atomic E-state index is 14.9. The predicted molar refractivity (Wildman–Crippen MR) is 158 cm³/mol. The normalized spacial score (nSPS) is 31.1. The quantitative estimate of drug-likeness (QED) is 0.421. The first-order valence-corrected chi connectivity index (χ1v) is 14.8. The molecule has 4 heterocycles. The standard InChI is InChI=1S/C34H38N2O6/c1-4-33-16-8-9-19-41-32(40)27(33)26-30(38)36(25(21-37)20-24-14-6-5-7-15-24)29-31(39)35(18-11-17-34(26,29)42-33)28-22(2)12-10-13-23(28)3/h5-8,10-17,25-27,29,37H,4,9,18-21H2,1-3H3/t25-,26+,27-,29?,33+,34+/m1/s1. The molecule has 8 nitrogen and oxygen atoms in total. The van der Waals surface area contributed by atoms with Gasteiger partial charge in [0.25, 0.3) is 5.91 Å². The summed E-state index contributed by atoms with van der Waals surface area (Å²) in [6.45, 7) is 6.01. The van der Waals surface area contributed by atoms with Crippen molar-refractivity contribution in [3.8, 4) is 0 Å². The predicted octanol–water partition coefficient (Wildman–Crippen LogP) is 3.67. The molecule has 0 aromatic heterocycles. The molecular formula is C34H38N2O6. The minimum Gasteiger partial charge on any atom is -0.465 e. The molecule has 0 aliphatic carbocycles. The number of hydrogen-bond acceptors (Lipinski definition) is 6. The van der Waals surface area contributed by atoms with Crippen LogP contribution >= 0.6 is 0 Å². The molecule has 0 saturated carbocycles. The Kier molecular flexibility index (Phi) is 7.31. The first kappa shape index (κ1) is 28.4. The second kappa shape index (κ2) is 10.8. The Morgan fingerprint density at radius 3 is 2.38 bits per heavy atom. The number of rotatable bonds is 6. The monoisotopic (exact) mass is 570 g/mol. The number of carbonyl (C=O) groups excluding carboxylic acids is 3. The third-order valence-electron chi connectivity index (χ3n) is 9.47. The fourth-order valence-electron chi connectivity index (χ4n) is 7.63. The van der Waals surface area contributed by atoms with Gasteiger partial charge in [-0.25, -0.2) is 0 Å². The van der Waals surface area contributed by atoms with E-state index < -0.39 is 41.1 Å². The van der Waals surface area contributed by atoms with E-state index in [0.717, 1.165) is 22.4 Å². The van der Waals surface area contributed by atoms with Crippen molar-refractivity contribution in [2.75, 3.05) is 24.7 Å². The Bertz CT molecular complexity index is 1430. The molecule has 8 heteroatoms. The molecule has 0 radical (unpaired) electrons. The SMILES string of the molecule is CC[C@]12C=CCCOC(=O)[C@H]1[C@H]1C(=O)N([C@@H](CO)Cc3ccccc3)C3C(=O)N(c4c(C)cccc4C)CC=C[C@@]31O2. The van der Waals surface area contributed by atoms with Gasteiger partial charge in [-0.15, -0.1) is 0 Å². The summed E-state index contributed by atoms with van der Waals surface area (Å²) in [5.41, 5.74) is 1.07. The number of aliphatic hydroxyl groups is 1. The fraction of sp³-hybridized carbons (Fsp3) is 0.441. The van der Waals surface area contributed by atoms with Crippen molar-refractivity contribution < 1.29 is 29.0 Å². The van der Waals surface area contributed by atoms with Crippen LogP contribution < -0.4 is 4.90 Å². The van der Waals surface area contributed by atoms with Crippen LogP contribution in [0, 0.1) is 25.7 Å².